The van der Waals surface area contributed by atoms with Crippen LogP contribution in [0.4, 0.5) is 37.2 Å². The van der Waals surface area contributed by atoms with Crippen LogP contribution in [0.2, 0.25) is 0 Å². The van der Waals surface area contributed by atoms with Gasteiger partial charge >= 0.3 is 0 Å². The number of nitrogens with zero attached hydrogens (tertiary/aromatic N) is 1. The highest BCUT2D eigenvalue weighted by Gasteiger charge is 2.17. The summed E-state index contributed by atoms with van der Waals surface area (Å²) >= 11 is 0. The predicted octanol–water partition coefficient (Wildman–Crippen LogP) is 4.49. The Morgan fingerprint density at radius 2 is 1.50 bits per heavy atom. The molecule has 1 aliphatic rings. The van der Waals surface area contributed by atoms with Crippen molar-refractivity contribution in [2.75, 3.05) is 33.9 Å². The van der Waals surface area contributed by atoms with E-state index < -0.39 is 11.6 Å². The van der Waals surface area contributed by atoms with E-state index in [1.54, 1.807) is 12.1 Å². The van der Waals surface area contributed by atoms with Gasteiger partial charge in [-0.05, 0) is 73.5 Å². The van der Waals surface area contributed by atoms with Crippen molar-refractivity contribution >= 4 is 40.8 Å². The lowest BCUT2D eigenvalue weighted by Crippen LogP contribution is -2.35. The lowest BCUT2D eigenvalue weighted by Gasteiger charge is -2.31. The highest BCUT2D eigenvalue weighted by Crippen LogP contribution is 2.27. The number of hydrogen-bond acceptors (Lipinski definition) is 5. The molecule has 1 aliphatic heterocycles. The molecule has 176 valence electrons. The van der Waals surface area contributed by atoms with Crippen LogP contribution in [0, 0.1) is 11.6 Å². The van der Waals surface area contributed by atoms with Crippen LogP contribution in [0.15, 0.2) is 60.7 Å². The van der Waals surface area contributed by atoms with Gasteiger partial charge in [0.1, 0.15) is 11.6 Å². The first kappa shape index (κ1) is 23.2. The molecule has 0 aliphatic carbocycles. The van der Waals surface area contributed by atoms with Gasteiger partial charge in [-0.2, -0.15) is 0 Å². The summed E-state index contributed by atoms with van der Waals surface area (Å²) < 4.78 is 28.8. The van der Waals surface area contributed by atoms with E-state index in [0.29, 0.717) is 24.8 Å². The first-order valence-corrected chi connectivity index (χ1v) is 10.8. The molecule has 4 rings (SSSR count). The van der Waals surface area contributed by atoms with Gasteiger partial charge in [0.15, 0.2) is 0 Å². The van der Waals surface area contributed by atoms with Crippen molar-refractivity contribution in [3.05, 3.63) is 77.9 Å². The Morgan fingerprint density at radius 3 is 2.09 bits per heavy atom. The van der Waals surface area contributed by atoms with Crippen LogP contribution in [0.1, 0.15) is 23.2 Å². The Morgan fingerprint density at radius 1 is 0.912 bits per heavy atom. The van der Waals surface area contributed by atoms with Crippen LogP contribution in [0.25, 0.3) is 0 Å². The maximum Gasteiger partial charge on any atom is 0.255 e. The zero-order valence-corrected chi connectivity index (χ0v) is 18.2. The van der Waals surface area contributed by atoms with Crippen molar-refractivity contribution in [2.45, 2.75) is 18.9 Å². The Hall–Kier alpha value is -3.98. The molecule has 0 aromatic heterocycles. The molecule has 0 atom stereocenters. The average Bonchev–Trinajstić information content (AvgIpc) is 2.83. The number of aliphatic hydroxyl groups excluding tert-OH is 1. The van der Waals surface area contributed by atoms with Crippen LogP contribution in [-0.2, 0) is 4.79 Å². The smallest absolute Gasteiger partial charge is 0.255 e. The van der Waals surface area contributed by atoms with Crippen LogP contribution in [0.5, 0.6) is 0 Å². The molecule has 1 heterocycles. The molecule has 4 N–H and O–H groups in total. The Labute approximate surface area is 195 Å². The van der Waals surface area contributed by atoms with E-state index >= 15 is 0 Å². The molecule has 0 radical (unpaired) electrons. The second-order valence-corrected chi connectivity index (χ2v) is 8.00. The Balaban J connectivity index is 1.39. The number of carbonyl (C=O) groups is 2. The maximum atomic E-state index is 14.6. The minimum absolute atomic E-state index is 0.0315. The van der Waals surface area contributed by atoms with E-state index in [0.717, 1.165) is 30.9 Å². The number of nitrogens with one attached hydrogen (secondary N) is 3. The second-order valence-electron chi connectivity index (χ2n) is 8.00. The molecule has 7 nitrogen and oxygen atoms in total. The summed E-state index contributed by atoms with van der Waals surface area (Å²) in [5, 5.41) is 17.3. The summed E-state index contributed by atoms with van der Waals surface area (Å²) in [7, 11) is 0. The summed E-state index contributed by atoms with van der Waals surface area (Å²) in [5.74, 6) is -1.72. The third-order valence-electron chi connectivity index (χ3n) is 5.65. The summed E-state index contributed by atoms with van der Waals surface area (Å²) in [6.07, 6.45) is 1.61. The van der Waals surface area contributed by atoms with Gasteiger partial charge in [-0.1, -0.05) is 0 Å². The largest absolute Gasteiger partial charge is 0.393 e. The van der Waals surface area contributed by atoms with Gasteiger partial charge in [0.05, 0.1) is 17.5 Å². The molecule has 3 aromatic rings. The molecular weight excluding hydrogens is 442 g/mol. The van der Waals surface area contributed by atoms with E-state index in [1.165, 1.54) is 24.3 Å². The minimum Gasteiger partial charge on any atom is -0.393 e. The second kappa shape index (κ2) is 10.3. The standard InChI is InChI=1S/C25H24F2N4O3/c26-21-13-17(28-15-32)3-7-23(21)30-24-8-4-18(14-22(24)27)29-25(34)16-1-5-19(6-2-16)31-11-9-20(33)10-12-31/h1-8,13-15,20,30,33H,9-12H2,(H,28,32)(H,29,34). The molecular formula is C25H24F2N4O3. The molecule has 34 heavy (non-hydrogen) atoms. The number of hydrogen-bond donors (Lipinski definition) is 4. The number of anilines is 5. The molecule has 0 spiro atoms. The minimum atomic E-state index is -0.671. The van der Waals surface area contributed by atoms with Gasteiger partial charge < -0.3 is 26.0 Å². The van der Waals surface area contributed by atoms with E-state index in [-0.39, 0.29) is 34.8 Å². The van der Waals surface area contributed by atoms with E-state index in [2.05, 4.69) is 20.9 Å². The highest BCUT2D eigenvalue weighted by atomic mass is 19.1. The average molecular weight is 466 g/mol. The van der Waals surface area contributed by atoms with E-state index in [1.807, 2.05) is 12.1 Å². The maximum absolute atomic E-state index is 14.6. The van der Waals surface area contributed by atoms with Gasteiger partial charge in [0, 0.05) is 35.7 Å². The number of aliphatic hydroxyl groups is 1. The lowest BCUT2D eigenvalue weighted by atomic mass is 10.1. The number of piperidine rings is 1. The first-order valence-electron chi connectivity index (χ1n) is 10.8. The Kier molecular flexibility index (Phi) is 7.03. The predicted molar refractivity (Wildman–Crippen MR) is 128 cm³/mol. The molecule has 9 heteroatoms. The topological polar surface area (TPSA) is 93.7 Å². The van der Waals surface area contributed by atoms with Crippen LogP contribution >= 0.6 is 0 Å². The third kappa shape index (κ3) is 5.49. The Bertz CT molecular complexity index is 1180. The molecule has 0 unspecified atom stereocenters. The fourth-order valence-corrected chi connectivity index (χ4v) is 3.76. The summed E-state index contributed by atoms with van der Waals surface area (Å²) in [5.41, 5.74) is 2.01. The van der Waals surface area contributed by atoms with Crippen molar-refractivity contribution in [2.24, 2.45) is 0 Å². The van der Waals surface area contributed by atoms with Crippen LogP contribution in [0.3, 0.4) is 0 Å². The monoisotopic (exact) mass is 466 g/mol. The van der Waals surface area contributed by atoms with E-state index in [4.69, 9.17) is 0 Å². The molecule has 0 saturated carbocycles. The number of benzene rings is 3. The van der Waals surface area contributed by atoms with Crippen LogP contribution < -0.4 is 20.9 Å². The summed E-state index contributed by atoms with van der Waals surface area (Å²) in [6.45, 7) is 1.52. The highest BCUT2D eigenvalue weighted by molar-refractivity contribution is 6.04. The molecule has 1 saturated heterocycles. The number of carbonyl (C=O) groups excluding carboxylic acids is 2. The summed E-state index contributed by atoms with van der Waals surface area (Å²) in [4.78, 5) is 25.2. The molecule has 2 amide bonds. The number of rotatable bonds is 7. The van der Waals surface area contributed by atoms with Gasteiger partial charge in [-0.25, -0.2) is 8.78 Å². The normalized spacial score (nSPS) is 13.9. The van der Waals surface area contributed by atoms with Crippen molar-refractivity contribution in [3.8, 4) is 0 Å². The van der Waals surface area contributed by atoms with Crippen molar-refractivity contribution < 1.29 is 23.5 Å². The molecule has 3 aromatic carbocycles. The van der Waals surface area contributed by atoms with Crippen molar-refractivity contribution in [1.29, 1.82) is 0 Å². The lowest BCUT2D eigenvalue weighted by molar-refractivity contribution is -0.105. The molecule has 0 bridgehead atoms. The zero-order valence-electron chi connectivity index (χ0n) is 18.2. The fraction of sp³-hybridized carbons (Fsp3) is 0.200. The SMILES string of the molecule is O=CNc1ccc(Nc2ccc(NC(=O)c3ccc(N4CCC(O)CC4)cc3)cc2F)c(F)c1. The van der Waals surface area contributed by atoms with Crippen molar-refractivity contribution in [1.82, 2.24) is 0 Å². The first-order chi connectivity index (χ1) is 16.4. The third-order valence-corrected chi connectivity index (χ3v) is 5.65. The number of halogens is 2. The van der Waals surface area contributed by atoms with Gasteiger partial charge in [-0.15, -0.1) is 0 Å². The van der Waals surface area contributed by atoms with Crippen LogP contribution in [-0.4, -0.2) is 36.6 Å². The quantitative estimate of drug-likeness (QED) is 0.385. The van der Waals surface area contributed by atoms with Crippen molar-refractivity contribution in [3.63, 3.8) is 0 Å². The van der Waals surface area contributed by atoms with Gasteiger partial charge in [-0.3, -0.25) is 9.59 Å². The van der Waals surface area contributed by atoms with E-state index in [9.17, 15) is 23.5 Å². The van der Waals surface area contributed by atoms with Gasteiger partial charge in [0.2, 0.25) is 6.41 Å². The number of amides is 2. The molecule has 1 fully saturated rings. The fourth-order valence-electron chi connectivity index (χ4n) is 3.76. The van der Waals surface area contributed by atoms with Gasteiger partial charge in [0.25, 0.3) is 5.91 Å². The zero-order chi connectivity index (χ0) is 24.1. The summed E-state index contributed by atoms with van der Waals surface area (Å²) in [6, 6.07) is 15.1.